The molecule has 3 heteroatoms. The third-order valence-electron chi connectivity index (χ3n) is 2.41. The van der Waals surface area contributed by atoms with Gasteiger partial charge in [-0.25, -0.2) is 0 Å². The highest BCUT2D eigenvalue weighted by atomic mass is 35.5. The first-order valence-electron chi connectivity index (χ1n) is 4.16. The van der Waals surface area contributed by atoms with E-state index in [1.165, 1.54) is 0 Å². The fourth-order valence-electron chi connectivity index (χ4n) is 1.52. The smallest absolute Gasteiger partial charge is 0.140 e. The van der Waals surface area contributed by atoms with Crippen LogP contribution in [0, 0.1) is 0 Å². The highest BCUT2D eigenvalue weighted by molar-refractivity contribution is 6.35. The third-order valence-corrected chi connectivity index (χ3v) is 2.97. The second kappa shape index (κ2) is 3.32. The van der Waals surface area contributed by atoms with E-state index in [0.29, 0.717) is 16.5 Å². The maximum atomic E-state index is 11.2. The van der Waals surface area contributed by atoms with E-state index in [1.807, 2.05) is 6.07 Å². The first kappa shape index (κ1) is 9.04. The van der Waals surface area contributed by atoms with Crippen LogP contribution < -0.4 is 0 Å². The van der Waals surface area contributed by atoms with Gasteiger partial charge in [0.25, 0.3) is 0 Å². The molecule has 2 rings (SSSR count). The third kappa shape index (κ3) is 1.59. The van der Waals surface area contributed by atoms with Gasteiger partial charge < -0.3 is 0 Å². The molecule has 1 aliphatic rings. The molecule has 1 saturated carbocycles. The highest BCUT2D eigenvalue weighted by Gasteiger charge is 2.30. The number of hydrogen-bond acceptors (Lipinski definition) is 1. The largest absolute Gasteiger partial charge is 0.299 e. The van der Waals surface area contributed by atoms with Crippen molar-refractivity contribution < 1.29 is 4.79 Å². The minimum Gasteiger partial charge on any atom is -0.299 e. The first-order valence-corrected chi connectivity index (χ1v) is 4.92. The molecule has 1 atom stereocenters. The van der Waals surface area contributed by atoms with Gasteiger partial charge in [0, 0.05) is 22.4 Å². The van der Waals surface area contributed by atoms with Crippen molar-refractivity contribution in [3.63, 3.8) is 0 Å². The Bertz CT molecular complexity index is 360. The summed E-state index contributed by atoms with van der Waals surface area (Å²) in [5, 5.41) is 1.21. The first-order chi connectivity index (χ1) is 6.18. The summed E-state index contributed by atoms with van der Waals surface area (Å²) in [5.41, 5.74) is 0.919. The molecule has 0 bridgehead atoms. The standard InChI is InChI=1S/C10H8Cl2O/c11-6-1-2-7(9(12)5-6)8-3-4-10(8)13/h1-2,5,8H,3-4H2/t8-/m1/s1. The second-order valence-corrected chi connectivity index (χ2v) is 4.07. The van der Waals surface area contributed by atoms with E-state index < -0.39 is 0 Å². The van der Waals surface area contributed by atoms with Crippen molar-refractivity contribution in [1.29, 1.82) is 0 Å². The zero-order chi connectivity index (χ0) is 9.42. The van der Waals surface area contributed by atoms with E-state index >= 15 is 0 Å². The van der Waals surface area contributed by atoms with Gasteiger partial charge in [-0.05, 0) is 24.1 Å². The molecule has 0 heterocycles. The summed E-state index contributed by atoms with van der Waals surface area (Å²) in [5.74, 6) is 0.300. The Morgan fingerprint density at radius 3 is 2.54 bits per heavy atom. The summed E-state index contributed by atoms with van der Waals surface area (Å²) in [4.78, 5) is 11.2. The van der Waals surface area contributed by atoms with Crippen molar-refractivity contribution >= 4 is 29.0 Å². The number of rotatable bonds is 1. The Morgan fingerprint density at radius 1 is 1.31 bits per heavy atom. The van der Waals surface area contributed by atoms with Crippen molar-refractivity contribution in [2.45, 2.75) is 18.8 Å². The van der Waals surface area contributed by atoms with Crippen LogP contribution in [0.15, 0.2) is 18.2 Å². The molecular formula is C10H8Cl2O. The highest BCUT2D eigenvalue weighted by Crippen LogP contribution is 2.37. The molecule has 13 heavy (non-hydrogen) atoms. The van der Waals surface area contributed by atoms with Gasteiger partial charge in [0.2, 0.25) is 0 Å². The number of hydrogen-bond donors (Lipinski definition) is 0. The predicted molar refractivity (Wildman–Crippen MR) is 53.4 cm³/mol. The quantitative estimate of drug-likeness (QED) is 0.701. The van der Waals surface area contributed by atoms with E-state index in [4.69, 9.17) is 23.2 Å². The van der Waals surface area contributed by atoms with Gasteiger partial charge in [-0.1, -0.05) is 29.3 Å². The average molecular weight is 215 g/mol. The molecule has 1 nitrogen and oxygen atoms in total. The minimum absolute atomic E-state index is 0.0183. The van der Waals surface area contributed by atoms with Gasteiger partial charge in [-0.3, -0.25) is 4.79 Å². The van der Waals surface area contributed by atoms with Gasteiger partial charge >= 0.3 is 0 Å². The average Bonchev–Trinajstić information content (AvgIpc) is 2.07. The summed E-state index contributed by atoms with van der Waals surface area (Å²) < 4.78 is 0. The summed E-state index contributed by atoms with van der Waals surface area (Å²) in [6.45, 7) is 0. The van der Waals surface area contributed by atoms with Crippen LogP contribution in [0.5, 0.6) is 0 Å². The molecule has 1 aliphatic carbocycles. The molecule has 1 aromatic carbocycles. The Labute approximate surface area is 86.7 Å². The zero-order valence-electron chi connectivity index (χ0n) is 6.89. The zero-order valence-corrected chi connectivity index (χ0v) is 8.40. The normalized spacial score (nSPS) is 21.4. The molecule has 1 fully saturated rings. The summed E-state index contributed by atoms with van der Waals surface area (Å²) in [7, 11) is 0. The molecule has 0 radical (unpaired) electrons. The van der Waals surface area contributed by atoms with Crippen LogP contribution in [0.2, 0.25) is 10.0 Å². The fraction of sp³-hybridized carbons (Fsp3) is 0.300. The fourth-order valence-corrected chi connectivity index (χ4v) is 2.06. The Morgan fingerprint density at radius 2 is 2.08 bits per heavy atom. The Hall–Kier alpha value is -0.530. The SMILES string of the molecule is O=C1CC[C@@H]1c1ccc(Cl)cc1Cl. The van der Waals surface area contributed by atoms with E-state index in [9.17, 15) is 4.79 Å². The van der Waals surface area contributed by atoms with Crippen LogP contribution >= 0.6 is 23.2 Å². The minimum atomic E-state index is 0.0183. The van der Waals surface area contributed by atoms with Crippen molar-refractivity contribution in [2.24, 2.45) is 0 Å². The summed E-state index contributed by atoms with van der Waals surface area (Å²) in [6.07, 6.45) is 1.60. The maximum Gasteiger partial charge on any atom is 0.140 e. The van der Waals surface area contributed by atoms with E-state index in [-0.39, 0.29) is 11.7 Å². The van der Waals surface area contributed by atoms with Crippen LogP contribution in [-0.4, -0.2) is 5.78 Å². The molecule has 0 aromatic heterocycles. The number of carbonyl (C=O) groups is 1. The summed E-state index contributed by atoms with van der Waals surface area (Å²) >= 11 is 11.7. The van der Waals surface area contributed by atoms with Crippen LogP contribution in [-0.2, 0) is 4.79 Å². The van der Waals surface area contributed by atoms with E-state index in [2.05, 4.69) is 0 Å². The number of Topliss-reactive ketones (excluding diaryl/α,β-unsaturated/α-hetero) is 1. The van der Waals surface area contributed by atoms with Gasteiger partial charge in [-0.2, -0.15) is 0 Å². The van der Waals surface area contributed by atoms with Gasteiger partial charge in [0.15, 0.2) is 0 Å². The number of halogens is 2. The number of ketones is 1. The Balaban J connectivity index is 2.35. The Kier molecular flexibility index (Phi) is 2.31. The molecule has 1 aromatic rings. The van der Waals surface area contributed by atoms with Crippen molar-refractivity contribution in [1.82, 2.24) is 0 Å². The lowest BCUT2D eigenvalue weighted by Crippen LogP contribution is -2.23. The van der Waals surface area contributed by atoms with Crippen LogP contribution in [0.4, 0.5) is 0 Å². The number of carbonyl (C=O) groups excluding carboxylic acids is 1. The van der Waals surface area contributed by atoms with Crippen LogP contribution in [0.25, 0.3) is 0 Å². The molecule has 0 N–H and O–H groups in total. The molecular weight excluding hydrogens is 207 g/mol. The molecule has 0 aliphatic heterocycles. The van der Waals surface area contributed by atoms with Crippen LogP contribution in [0.1, 0.15) is 24.3 Å². The van der Waals surface area contributed by atoms with Gasteiger partial charge in [0.05, 0.1) is 0 Å². The second-order valence-electron chi connectivity index (χ2n) is 3.22. The molecule has 68 valence electrons. The lowest BCUT2D eigenvalue weighted by Gasteiger charge is -2.25. The molecule has 0 unspecified atom stereocenters. The van der Waals surface area contributed by atoms with Crippen molar-refractivity contribution in [3.8, 4) is 0 Å². The van der Waals surface area contributed by atoms with E-state index in [1.54, 1.807) is 12.1 Å². The van der Waals surface area contributed by atoms with Crippen molar-refractivity contribution in [2.75, 3.05) is 0 Å². The lowest BCUT2D eigenvalue weighted by atomic mass is 9.79. The van der Waals surface area contributed by atoms with Gasteiger partial charge in [0.1, 0.15) is 5.78 Å². The lowest BCUT2D eigenvalue weighted by molar-refractivity contribution is -0.125. The van der Waals surface area contributed by atoms with E-state index in [0.717, 1.165) is 12.0 Å². The molecule has 0 amide bonds. The topological polar surface area (TPSA) is 17.1 Å². The molecule has 0 saturated heterocycles. The van der Waals surface area contributed by atoms with Crippen LogP contribution in [0.3, 0.4) is 0 Å². The molecule has 0 spiro atoms. The predicted octanol–water partition coefficient (Wildman–Crippen LogP) is 3.44. The monoisotopic (exact) mass is 214 g/mol. The maximum absolute atomic E-state index is 11.2. The number of benzene rings is 1. The summed E-state index contributed by atoms with van der Waals surface area (Å²) in [6, 6.07) is 5.30. The van der Waals surface area contributed by atoms with Crippen molar-refractivity contribution in [3.05, 3.63) is 33.8 Å². The van der Waals surface area contributed by atoms with Gasteiger partial charge in [-0.15, -0.1) is 0 Å².